The lowest BCUT2D eigenvalue weighted by molar-refractivity contribution is -0.112. The average Bonchev–Trinajstić information content (AvgIpc) is 2.49. The minimum Gasteiger partial charge on any atom is -0.508 e. The second-order valence-electron chi connectivity index (χ2n) is 4.20. The number of nitriles is 1. The minimum absolute atomic E-state index is 0.00866. The van der Waals surface area contributed by atoms with Crippen molar-refractivity contribution in [3.8, 4) is 11.8 Å². The van der Waals surface area contributed by atoms with E-state index in [0.717, 1.165) is 0 Å². The summed E-state index contributed by atoms with van der Waals surface area (Å²) in [5.74, 6) is -1.19. The van der Waals surface area contributed by atoms with Crippen LogP contribution in [0.2, 0.25) is 0 Å². The van der Waals surface area contributed by atoms with Gasteiger partial charge in [0.2, 0.25) is 0 Å². The van der Waals surface area contributed by atoms with Crippen molar-refractivity contribution in [2.75, 3.05) is 5.32 Å². The fourth-order valence-electron chi connectivity index (χ4n) is 1.64. The maximum atomic E-state index is 13.4. The summed E-state index contributed by atoms with van der Waals surface area (Å²) in [5, 5.41) is 20.6. The molecule has 2 rings (SSSR count). The summed E-state index contributed by atoms with van der Waals surface area (Å²) < 4.78 is 13.4. The van der Waals surface area contributed by atoms with Crippen molar-refractivity contribution in [2.24, 2.45) is 0 Å². The molecule has 0 saturated carbocycles. The Bertz CT molecular complexity index is 731. The van der Waals surface area contributed by atoms with E-state index in [0.29, 0.717) is 5.56 Å². The van der Waals surface area contributed by atoms with Crippen molar-refractivity contribution in [1.29, 1.82) is 5.26 Å². The summed E-state index contributed by atoms with van der Waals surface area (Å²) in [6.45, 7) is 0. The molecule has 2 N–H and O–H groups in total. The van der Waals surface area contributed by atoms with E-state index in [-0.39, 0.29) is 17.0 Å². The van der Waals surface area contributed by atoms with Gasteiger partial charge in [-0.05, 0) is 35.9 Å². The molecule has 1 amide bonds. The maximum absolute atomic E-state index is 13.4. The fourth-order valence-corrected chi connectivity index (χ4v) is 1.64. The number of amides is 1. The standard InChI is InChI=1S/C16H11FN2O2/c17-14-3-1-2-4-15(14)19-16(21)12(10-18)9-11-5-7-13(20)8-6-11/h1-9,20H,(H,19,21)/b12-9+. The van der Waals surface area contributed by atoms with Gasteiger partial charge in [-0.15, -0.1) is 0 Å². The van der Waals surface area contributed by atoms with Gasteiger partial charge < -0.3 is 10.4 Å². The number of anilines is 1. The molecule has 0 saturated heterocycles. The number of hydrogen-bond acceptors (Lipinski definition) is 3. The van der Waals surface area contributed by atoms with Crippen LogP contribution in [0.4, 0.5) is 10.1 Å². The molecule has 0 atom stereocenters. The zero-order valence-electron chi connectivity index (χ0n) is 10.9. The normalized spacial score (nSPS) is 10.8. The molecule has 4 nitrogen and oxygen atoms in total. The molecule has 2 aromatic rings. The number of para-hydroxylation sites is 1. The summed E-state index contributed by atoms with van der Waals surface area (Å²) in [6, 6.07) is 13.5. The van der Waals surface area contributed by atoms with Gasteiger partial charge in [-0.1, -0.05) is 24.3 Å². The molecule has 0 radical (unpaired) electrons. The predicted molar refractivity (Wildman–Crippen MR) is 76.7 cm³/mol. The molecule has 0 aliphatic heterocycles. The van der Waals surface area contributed by atoms with E-state index in [1.165, 1.54) is 36.4 Å². The van der Waals surface area contributed by atoms with Crippen LogP contribution < -0.4 is 5.32 Å². The van der Waals surface area contributed by atoms with Gasteiger partial charge >= 0.3 is 0 Å². The van der Waals surface area contributed by atoms with Crippen LogP contribution in [-0.4, -0.2) is 11.0 Å². The van der Waals surface area contributed by atoms with E-state index in [9.17, 15) is 14.3 Å². The van der Waals surface area contributed by atoms with Crippen LogP contribution in [0.3, 0.4) is 0 Å². The molecular weight excluding hydrogens is 271 g/mol. The van der Waals surface area contributed by atoms with Crippen molar-refractivity contribution < 1.29 is 14.3 Å². The molecule has 0 heterocycles. The molecule has 2 aromatic carbocycles. The Balaban J connectivity index is 2.21. The SMILES string of the molecule is N#C/C(=C\c1ccc(O)cc1)C(=O)Nc1ccccc1F. The molecule has 104 valence electrons. The van der Waals surface area contributed by atoms with Crippen LogP contribution in [0.25, 0.3) is 6.08 Å². The zero-order valence-corrected chi connectivity index (χ0v) is 10.9. The van der Waals surface area contributed by atoms with Gasteiger partial charge in [0.15, 0.2) is 0 Å². The first-order valence-corrected chi connectivity index (χ1v) is 6.07. The first-order valence-electron chi connectivity index (χ1n) is 6.07. The lowest BCUT2D eigenvalue weighted by Gasteiger charge is -2.05. The number of nitrogens with zero attached hydrogens (tertiary/aromatic N) is 1. The monoisotopic (exact) mass is 282 g/mol. The quantitative estimate of drug-likeness (QED) is 0.671. The number of phenolic OH excluding ortho intramolecular Hbond substituents is 1. The number of hydrogen-bond donors (Lipinski definition) is 2. The molecule has 21 heavy (non-hydrogen) atoms. The number of phenols is 1. The maximum Gasteiger partial charge on any atom is 0.266 e. The van der Waals surface area contributed by atoms with Gasteiger partial charge in [-0.25, -0.2) is 4.39 Å². The van der Waals surface area contributed by atoms with Crippen LogP contribution in [0.5, 0.6) is 5.75 Å². The summed E-state index contributed by atoms with van der Waals surface area (Å²) in [5.41, 5.74) is 0.423. The Morgan fingerprint density at radius 1 is 1.19 bits per heavy atom. The lowest BCUT2D eigenvalue weighted by atomic mass is 10.1. The molecule has 5 heteroatoms. The van der Waals surface area contributed by atoms with Crippen LogP contribution in [0, 0.1) is 17.1 Å². The van der Waals surface area contributed by atoms with Gasteiger partial charge in [0, 0.05) is 0 Å². The lowest BCUT2D eigenvalue weighted by Crippen LogP contribution is -2.14. The summed E-state index contributed by atoms with van der Waals surface area (Å²) in [7, 11) is 0. The molecule has 0 unspecified atom stereocenters. The van der Waals surface area contributed by atoms with E-state index in [2.05, 4.69) is 5.32 Å². The van der Waals surface area contributed by atoms with Crippen molar-refractivity contribution >= 4 is 17.7 Å². The van der Waals surface area contributed by atoms with E-state index in [1.54, 1.807) is 24.3 Å². The average molecular weight is 282 g/mol. The predicted octanol–water partition coefficient (Wildman–Crippen LogP) is 3.08. The molecule has 0 spiro atoms. The molecule has 0 bridgehead atoms. The van der Waals surface area contributed by atoms with E-state index < -0.39 is 11.7 Å². The third-order valence-electron chi connectivity index (χ3n) is 2.69. The van der Waals surface area contributed by atoms with Crippen LogP contribution in [0.1, 0.15) is 5.56 Å². The number of carbonyl (C=O) groups excluding carboxylic acids is 1. The Hall–Kier alpha value is -3.13. The molecule has 0 aliphatic rings. The highest BCUT2D eigenvalue weighted by molar-refractivity contribution is 6.09. The Kier molecular flexibility index (Phi) is 4.32. The molecule has 0 aliphatic carbocycles. The largest absolute Gasteiger partial charge is 0.508 e. The number of halogens is 1. The second kappa shape index (κ2) is 6.35. The minimum atomic E-state index is -0.698. The van der Waals surface area contributed by atoms with Crippen molar-refractivity contribution in [2.45, 2.75) is 0 Å². The highest BCUT2D eigenvalue weighted by atomic mass is 19.1. The molecule has 0 fully saturated rings. The van der Waals surface area contributed by atoms with Gasteiger partial charge in [0.25, 0.3) is 5.91 Å². The van der Waals surface area contributed by atoms with E-state index in [1.807, 2.05) is 0 Å². The number of carbonyl (C=O) groups is 1. The number of aromatic hydroxyl groups is 1. The Morgan fingerprint density at radius 3 is 2.48 bits per heavy atom. The summed E-state index contributed by atoms with van der Waals surface area (Å²) in [6.07, 6.45) is 1.36. The summed E-state index contributed by atoms with van der Waals surface area (Å²) in [4.78, 5) is 11.9. The van der Waals surface area contributed by atoms with Gasteiger partial charge in [-0.2, -0.15) is 5.26 Å². The second-order valence-corrected chi connectivity index (χ2v) is 4.20. The smallest absolute Gasteiger partial charge is 0.266 e. The van der Waals surface area contributed by atoms with Gasteiger partial charge in [0.05, 0.1) is 5.69 Å². The van der Waals surface area contributed by atoms with Gasteiger partial charge in [-0.3, -0.25) is 4.79 Å². The number of nitrogens with one attached hydrogen (secondary N) is 1. The highest BCUT2D eigenvalue weighted by Gasteiger charge is 2.11. The van der Waals surface area contributed by atoms with Gasteiger partial charge in [0.1, 0.15) is 23.2 Å². The van der Waals surface area contributed by atoms with Crippen molar-refractivity contribution in [1.82, 2.24) is 0 Å². The van der Waals surface area contributed by atoms with Crippen LogP contribution in [0.15, 0.2) is 54.1 Å². The topological polar surface area (TPSA) is 73.1 Å². The Labute approximate surface area is 120 Å². The first-order chi connectivity index (χ1) is 10.1. The number of rotatable bonds is 3. The number of benzene rings is 2. The van der Waals surface area contributed by atoms with Crippen molar-refractivity contribution in [3.63, 3.8) is 0 Å². The summed E-state index contributed by atoms with van der Waals surface area (Å²) >= 11 is 0. The van der Waals surface area contributed by atoms with Crippen LogP contribution >= 0.6 is 0 Å². The highest BCUT2D eigenvalue weighted by Crippen LogP contribution is 2.16. The third-order valence-corrected chi connectivity index (χ3v) is 2.69. The fraction of sp³-hybridized carbons (Fsp3) is 0. The zero-order chi connectivity index (χ0) is 15.2. The van der Waals surface area contributed by atoms with E-state index >= 15 is 0 Å². The van der Waals surface area contributed by atoms with Crippen LogP contribution in [-0.2, 0) is 4.79 Å². The van der Waals surface area contributed by atoms with Crippen molar-refractivity contribution in [3.05, 3.63) is 65.5 Å². The van der Waals surface area contributed by atoms with E-state index in [4.69, 9.17) is 5.26 Å². The Morgan fingerprint density at radius 2 is 1.86 bits per heavy atom. The third kappa shape index (κ3) is 3.67. The first kappa shape index (κ1) is 14.3. The molecular formula is C16H11FN2O2. The molecule has 0 aromatic heterocycles.